The molecule has 0 aromatic heterocycles. The fraction of sp³-hybridized carbons (Fsp3) is 0.889. The summed E-state index contributed by atoms with van der Waals surface area (Å²) in [6.45, 7) is 16.2. The summed E-state index contributed by atoms with van der Waals surface area (Å²) >= 11 is 0. The Morgan fingerprint density at radius 3 is 0.844 bits per heavy atom. The lowest BCUT2D eigenvalue weighted by Gasteiger charge is -2.36. The normalized spacial score (nSPS) is 22.6. The maximum absolute atomic E-state index is 11.6. The van der Waals surface area contributed by atoms with Crippen LogP contribution in [0.4, 0.5) is 0 Å². The van der Waals surface area contributed by atoms with Crippen molar-refractivity contribution in [2.24, 2.45) is 23.7 Å². The number of aliphatic hydroxyl groups is 4. The van der Waals surface area contributed by atoms with E-state index in [2.05, 4.69) is 5.32 Å². The van der Waals surface area contributed by atoms with Crippen LogP contribution >= 0.6 is 0 Å². The van der Waals surface area contributed by atoms with Crippen molar-refractivity contribution < 1.29 is 39.6 Å². The first-order chi connectivity index (χ1) is 20.7. The first-order valence-electron chi connectivity index (χ1n) is 17.5. The molecule has 45 heavy (non-hydrogen) atoms. The Hall–Kier alpha value is -1.52. The molecule has 4 rings (SSSR count). The van der Waals surface area contributed by atoms with Gasteiger partial charge < -0.3 is 25.7 Å². The molecular formula is C36H65NO8. The minimum atomic E-state index is -1.04. The van der Waals surface area contributed by atoms with Gasteiger partial charge in [-0.2, -0.15) is 0 Å². The smallest absolute Gasteiger partial charge is 0.166 e. The summed E-state index contributed by atoms with van der Waals surface area (Å²) in [5.41, 5.74) is -3.92. The summed E-state index contributed by atoms with van der Waals surface area (Å²) in [6.07, 6.45) is 11.3. The van der Waals surface area contributed by atoms with E-state index < -0.39 is 22.4 Å². The predicted molar refractivity (Wildman–Crippen MR) is 177 cm³/mol. The minimum Gasteiger partial charge on any atom is -0.382 e. The third kappa shape index (κ3) is 12.2. The van der Waals surface area contributed by atoms with Crippen molar-refractivity contribution in [3.8, 4) is 0 Å². The van der Waals surface area contributed by atoms with Crippen LogP contribution < -0.4 is 5.32 Å². The van der Waals surface area contributed by atoms with Crippen LogP contribution in [-0.2, 0) is 19.2 Å². The van der Waals surface area contributed by atoms with Gasteiger partial charge in [0.15, 0.2) is 23.1 Å². The summed E-state index contributed by atoms with van der Waals surface area (Å²) in [6, 6.07) is 0. The van der Waals surface area contributed by atoms with Crippen LogP contribution in [0, 0.1) is 23.7 Å². The lowest BCUT2D eigenvalue weighted by Crippen LogP contribution is -2.49. The Labute approximate surface area is 272 Å². The van der Waals surface area contributed by atoms with E-state index in [9.17, 15) is 39.6 Å². The van der Waals surface area contributed by atoms with Crippen LogP contribution in [0.2, 0.25) is 0 Å². The highest BCUT2D eigenvalue weighted by molar-refractivity contribution is 5.90. The molecule has 0 radical (unpaired) electrons. The van der Waals surface area contributed by atoms with Gasteiger partial charge in [0, 0.05) is 23.7 Å². The first-order valence-corrected chi connectivity index (χ1v) is 17.5. The van der Waals surface area contributed by atoms with Crippen LogP contribution in [-0.4, -0.2) is 79.1 Å². The van der Waals surface area contributed by atoms with E-state index in [1.165, 1.54) is 0 Å². The second-order valence-corrected chi connectivity index (χ2v) is 15.1. The SMILES string of the molecule is CC(C)C(=O)C1(O)CCC1.CC(C)C(=O)C1(O)CCCC1.CC(C)C(=O)C1(O)CCCCC1.CC(C)C(=O)C1(O)CCNCC1. The van der Waals surface area contributed by atoms with Gasteiger partial charge in [0.1, 0.15) is 22.4 Å². The third-order valence-electron chi connectivity index (χ3n) is 9.65. The van der Waals surface area contributed by atoms with E-state index in [-0.39, 0.29) is 46.8 Å². The van der Waals surface area contributed by atoms with Crippen molar-refractivity contribution in [3.05, 3.63) is 0 Å². The molecule has 0 aromatic rings. The molecule has 0 aromatic carbocycles. The maximum atomic E-state index is 11.6. The Kier molecular flexibility index (Phi) is 16.7. The minimum absolute atomic E-state index is 0.0102. The Bertz CT molecular complexity index is 908. The second-order valence-electron chi connectivity index (χ2n) is 15.1. The van der Waals surface area contributed by atoms with Gasteiger partial charge in [-0.3, -0.25) is 19.2 Å². The molecule has 0 bridgehead atoms. The van der Waals surface area contributed by atoms with Gasteiger partial charge in [-0.15, -0.1) is 0 Å². The summed E-state index contributed by atoms with van der Waals surface area (Å²) in [4.78, 5) is 45.7. The summed E-state index contributed by atoms with van der Waals surface area (Å²) < 4.78 is 0. The highest BCUT2D eigenvalue weighted by Gasteiger charge is 2.43. The molecule has 0 spiro atoms. The molecule has 1 aliphatic heterocycles. The third-order valence-corrected chi connectivity index (χ3v) is 9.65. The van der Waals surface area contributed by atoms with Crippen LogP contribution in [0.1, 0.15) is 145 Å². The molecular weight excluding hydrogens is 574 g/mol. The molecule has 0 amide bonds. The zero-order valence-corrected chi connectivity index (χ0v) is 29.5. The van der Waals surface area contributed by atoms with E-state index >= 15 is 0 Å². The van der Waals surface area contributed by atoms with E-state index in [0.717, 1.165) is 51.6 Å². The Morgan fingerprint density at radius 2 is 0.622 bits per heavy atom. The van der Waals surface area contributed by atoms with Gasteiger partial charge in [0.05, 0.1) is 0 Å². The lowest BCUT2D eigenvalue weighted by atomic mass is 9.74. The molecule has 4 aliphatic rings. The van der Waals surface area contributed by atoms with Crippen LogP contribution in [0.5, 0.6) is 0 Å². The number of piperidine rings is 1. The topological polar surface area (TPSA) is 161 Å². The van der Waals surface area contributed by atoms with E-state index in [4.69, 9.17) is 0 Å². The number of nitrogens with one attached hydrogen (secondary N) is 1. The number of hydrogen-bond donors (Lipinski definition) is 5. The molecule has 1 saturated heterocycles. The van der Waals surface area contributed by atoms with Crippen molar-refractivity contribution in [1.29, 1.82) is 0 Å². The first kappa shape index (κ1) is 41.5. The molecule has 4 fully saturated rings. The molecule has 0 atom stereocenters. The fourth-order valence-corrected chi connectivity index (χ4v) is 6.58. The summed E-state index contributed by atoms with van der Waals surface area (Å²) in [5, 5.41) is 42.3. The molecule has 9 nitrogen and oxygen atoms in total. The van der Waals surface area contributed by atoms with Gasteiger partial charge in [-0.25, -0.2) is 0 Å². The second kappa shape index (κ2) is 18.1. The van der Waals surface area contributed by atoms with E-state index in [1.807, 2.05) is 55.4 Å². The van der Waals surface area contributed by atoms with Gasteiger partial charge in [-0.1, -0.05) is 74.7 Å². The monoisotopic (exact) mass is 639 g/mol. The average Bonchev–Trinajstić information content (AvgIpc) is 3.43. The number of Topliss-reactive ketones (excluding diaryl/α,β-unsaturated/α-hetero) is 4. The zero-order chi connectivity index (χ0) is 34.6. The maximum Gasteiger partial charge on any atom is 0.166 e. The van der Waals surface area contributed by atoms with Crippen molar-refractivity contribution >= 4 is 23.1 Å². The molecule has 262 valence electrons. The Balaban J connectivity index is 0.000000301. The van der Waals surface area contributed by atoms with Gasteiger partial charge in [-0.05, 0) is 83.7 Å². The number of ketones is 4. The fourth-order valence-electron chi connectivity index (χ4n) is 6.58. The van der Waals surface area contributed by atoms with Gasteiger partial charge in [0.2, 0.25) is 0 Å². The lowest BCUT2D eigenvalue weighted by molar-refractivity contribution is -0.149. The van der Waals surface area contributed by atoms with Crippen molar-refractivity contribution in [1.82, 2.24) is 5.32 Å². The van der Waals surface area contributed by atoms with E-state index in [0.29, 0.717) is 51.4 Å². The largest absolute Gasteiger partial charge is 0.382 e. The van der Waals surface area contributed by atoms with Crippen LogP contribution in [0.15, 0.2) is 0 Å². The predicted octanol–water partition coefficient (Wildman–Crippen LogP) is 4.88. The quantitative estimate of drug-likeness (QED) is 0.249. The number of hydrogen-bond acceptors (Lipinski definition) is 9. The molecule has 1 heterocycles. The average molecular weight is 640 g/mol. The van der Waals surface area contributed by atoms with Crippen molar-refractivity contribution in [2.45, 2.75) is 168 Å². The highest BCUT2D eigenvalue weighted by atomic mass is 16.3. The molecule has 0 unspecified atom stereocenters. The Morgan fingerprint density at radius 1 is 0.400 bits per heavy atom. The zero-order valence-electron chi connectivity index (χ0n) is 29.5. The molecule has 5 N–H and O–H groups in total. The molecule has 9 heteroatoms. The van der Waals surface area contributed by atoms with Gasteiger partial charge >= 0.3 is 0 Å². The van der Waals surface area contributed by atoms with Crippen LogP contribution in [0.25, 0.3) is 0 Å². The van der Waals surface area contributed by atoms with Crippen LogP contribution in [0.3, 0.4) is 0 Å². The van der Waals surface area contributed by atoms with Crippen molar-refractivity contribution in [3.63, 3.8) is 0 Å². The highest BCUT2D eigenvalue weighted by Crippen LogP contribution is 2.34. The number of carbonyl (C=O) groups is 4. The van der Waals surface area contributed by atoms with Gasteiger partial charge in [0.25, 0.3) is 0 Å². The molecule has 3 aliphatic carbocycles. The van der Waals surface area contributed by atoms with E-state index in [1.54, 1.807) is 0 Å². The number of carbonyl (C=O) groups excluding carboxylic acids is 4. The van der Waals surface area contributed by atoms with Crippen molar-refractivity contribution in [2.75, 3.05) is 13.1 Å². The number of rotatable bonds is 8. The molecule has 3 saturated carbocycles. The summed E-state index contributed by atoms with van der Waals surface area (Å²) in [5.74, 6) is -0.0930. The standard InChI is InChI=1S/C10H18O2.C9H17NO2.C9H16O2.C8H14O2/c1-8(2)9(11)10(12)6-4-3-5-7-10;1-7(2)8(11)9(12)3-5-10-6-4-9;1-7(2)8(10)9(11)5-3-4-6-9;1-6(2)7(9)8(10)4-3-5-8/h8,12H,3-7H2,1-2H3;7,10,12H,3-6H2,1-2H3;7,11H,3-6H2,1-2H3;6,10H,3-5H2,1-2H3. The summed E-state index contributed by atoms with van der Waals surface area (Å²) in [7, 11) is 0.